The molecule has 0 aliphatic heterocycles. The molecule has 0 fully saturated rings. The highest BCUT2D eigenvalue weighted by Crippen LogP contribution is 2.12. The topological polar surface area (TPSA) is 84.9 Å². The summed E-state index contributed by atoms with van der Waals surface area (Å²) in [5, 5.41) is 11.9. The van der Waals surface area contributed by atoms with Crippen LogP contribution in [0.3, 0.4) is 0 Å². The van der Waals surface area contributed by atoms with Crippen LogP contribution in [0.2, 0.25) is 6.82 Å². The van der Waals surface area contributed by atoms with Crippen molar-refractivity contribution in [3.63, 3.8) is 0 Å². The average molecular weight is 299 g/mol. The molecule has 2 N–H and O–H groups in total. The molecule has 0 bridgehead atoms. The van der Waals surface area contributed by atoms with Gasteiger partial charge in [0.1, 0.15) is 6.61 Å². The lowest BCUT2D eigenvalue weighted by Crippen LogP contribution is -2.39. The van der Waals surface area contributed by atoms with E-state index in [9.17, 15) is 9.59 Å². The normalized spacial score (nSPS) is 13.4. The molecule has 0 unspecified atom stereocenters. The van der Waals surface area contributed by atoms with Crippen LogP contribution in [0.1, 0.15) is 27.2 Å². The van der Waals surface area contributed by atoms with Crippen molar-refractivity contribution in [1.29, 1.82) is 0 Å². The number of hydrogen-bond acceptors (Lipinski definition) is 6. The third-order valence-electron chi connectivity index (χ3n) is 2.67. The second-order valence-electron chi connectivity index (χ2n) is 5.46. The van der Waals surface area contributed by atoms with E-state index >= 15 is 0 Å². The second-order valence-corrected chi connectivity index (χ2v) is 5.46. The number of esters is 2. The maximum atomic E-state index is 12.0. The Labute approximate surface area is 127 Å². The predicted molar refractivity (Wildman–Crippen MR) is 81.5 cm³/mol. The first-order chi connectivity index (χ1) is 9.77. The molecule has 120 valence electrons. The number of nitrogens with one attached hydrogen (secondary N) is 1. The van der Waals surface area contributed by atoms with Gasteiger partial charge >= 0.3 is 19.0 Å². The lowest BCUT2D eigenvalue weighted by atomic mass is 9.88. The van der Waals surface area contributed by atoms with Gasteiger partial charge in [-0.2, -0.15) is 0 Å². The molecule has 0 amide bonds. The molecule has 0 saturated carbocycles. The van der Waals surface area contributed by atoms with E-state index in [4.69, 9.17) is 14.5 Å². The first-order valence-corrected chi connectivity index (χ1v) is 7.17. The van der Waals surface area contributed by atoms with E-state index < -0.39 is 31.0 Å². The van der Waals surface area contributed by atoms with E-state index in [0.717, 1.165) is 0 Å². The Balaban J connectivity index is 4.53. The minimum absolute atomic E-state index is 0.0874. The zero-order valence-corrected chi connectivity index (χ0v) is 13.3. The number of hydrogen-bond donors (Lipinski definition) is 2. The van der Waals surface area contributed by atoms with Crippen LogP contribution in [0.15, 0.2) is 12.7 Å². The molecule has 0 heterocycles. The van der Waals surface area contributed by atoms with Crippen molar-refractivity contribution in [2.75, 3.05) is 13.2 Å². The Kier molecular flexibility index (Phi) is 9.74. The Morgan fingerprint density at radius 2 is 1.95 bits per heavy atom. The molecule has 21 heavy (non-hydrogen) atoms. The minimum atomic E-state index is -0.911. The number of ether oxygens (including phenoxy) is 2. The first kappa shape index (κ1) is 19.7. The van der Waals surface area contributed by atoms with Gasteiger partial charge in [0, 0.05) is 0 Å². The van der Waals surface area contributed by atoms with Crippen LogP contribution in [-0.4, -0.2) is 43.3 Å². The van der Waals surface area contributed by atoms with Crippen LogP contribution < -0.4 is 5.23 Å². The molecule has 0 radical (unpaired) electrons. The van der Waals surface area contributed by atoms with E-state index in [2.05, 4.69) is 11.8 Å². The quantitative estimate of drug-likeness (QED) is 0.356. The standard InChI is InChI=1S/C14H26BNO5/c1-6-7-20-14(18)12(8-10(2)3)21-13(17)11(4)9-16-15(5)19/h6,10-12,16,19H,1,7-9H2,2-5H3/t11-,12+/m1/s1. The summed E-state index contributed by atoms with van der Waals surface area (Å²) in [4.78, 5) is 23.8. The van der Waals surface area contributed by atoms with Gasteiger partial charge in [-0.25, -0.2) is 4.79 Å². The van der Waals surface area contributed by atoms with Gasteiger partial charge < -0.3 is 19.7 Å². The van der Waals surface area contributed by atoms with Crippen LogP contribution in [0, 0.1) is 11.8 Å². The molecular weight excluding hydrogens is 273 g/mol. The molecule has 0 aliphatic rings. The smallest absolute Gasteiger partial charge is 0.373 e. The fourth-order valence-electron chi connectivity index (χ4n) is 1.54. The monoisotopic (exact) mass is 299 g/mol. The fourth-order valence-corrected chi connectivity index (χ4v) is 1.54. The van der Waals surface area contributed by atoms with E-state index in [1.807, 2.05) is 13.8 Å². The number of rotatable bonds is 10. The van der Waals surface area contributed by atoms with E-state index in [0.29, 0.717) is 6.42 Å². The molecule has 2 atom stereocenters. The van der Waals surface area contributed by atoms with Gasteiger partial charge in [0.15, 0.2) is 6.10 Å². The van der Waals surface area contributed by atoms with Crippen molar-refractivity contribution in [1.82, 2.24) is 5.23 Å². The van der Waals surface area contributed by atoms with E-state index in [1.165, 1.54) is 6.08 Å². The Bertz CT molecular complexity index is 346. The highest BCUT2D eigenvalue weighted by molar-refractivity contribution is 6.45. The fraction of sp³-hybridized carbons (Fsp3) is 0.714. The van der Waals surface area contributed by atoms with Crippen LogP contribution >= 0.6 is 0 Å². The van der Waals surface area contributed by atoms with Crippen LogP contribution in [-0.2, 0) is 19.1 Å². The van der Waals surface area contributed by atoms with Gasteiger partial charge in [-0.1, -0.05) is 33.4 Å². The first-order valence-electron chi connectivity index (χ1n) is 7.17. The average Bonchev–Trinajstić information content (AvgIpc) is 2.40. The molecule has 0 spiro atoms. The Hall–Kier alpha value is -1.34. The SMILES string of the molecule is C=CCOC(=O)[C@H](CC(C)C)OC(=O)[C@H](C)CNB(C)O. The maximum Gasteiger partial charge on any atom is 0.373 e. The molecule has 0 saturated heterocycles. The maximum absolute atomic E-state index is 12.0. The third kappa shape index (κ3) is 9.26. The molecule has 0 aliphatic carbocycles. The lowest BCUT2D eigenvalue weighted by Gasteiger charge is -2.20. The third-order valence-corrected chi connectivity index (χ3v) is 2.67. The summed E-state index contributed by atoms with van der Waals surface area (Å²) in [6.07, 6.45) is 0.950. The number of carbonyl (C=O) groups is 2. The highest BCUT2D eigenvalue weighted by Gasteiger charge is 2.27. The summed E-state index contributed by atoms with van der Waals surface area (Å²) >= 11 is 0. The van der Waals surface area contributed by atoms with E-state index in [-0.39, 0.29) is 19.1 Å². The molecule has 0 aromatic carbocycles. The summed E-state index contributed by atoms with van der Waals surface area (Å²) in [6, 6.07) is 0. The Morgan fingerprint density at radius 1 is 1.33 bits per heavy atom. The highest BCUT2D eigenvalue weighted by atomic mass is 16.6. The van der Waals surface area contributed by atoms with E-state index in [1.54, 1.807) is 13.7 Å². The second kappa shape index (κ2) is 10.4. The van der Waals surface area contributed by atoms with Crippen molar-refractivity contribution in [3.8, 4) is 0 Å². The predicted octanol–water partition coefficient (Wildman–Crippen LogP) is 1.01. The van der Waals surface area contributed by atoms with Crippen LogP contribution in [0.5, 0.6) is 0 Å². The van der Waals surface area contributed by atoms with Crippen molar-refractivity contribution in [3.05, 3.63) is 12.7 Å². The van der Waals surface area contributed by atoms with Crippen LogP contribution in [0.4, 0.5) is 0 Å². The molecule has 0 rings (SSSR count). The largest absolute Gasteiger partial charge is 0.459 e. The molecule has 0 aromatic heterocycles. The zero-order valence-electron chi connectivity index (χ0n) is 13.3. The minimum Gasteiger partial charge on any atom is -0.459 e. The van der Waals surface area contributed by atoms with Gasteiger partial charge in [-0.15, -0.1) is 0 Å². The Morgan fingerprint density at radius 3 is 2.43 bits per heavy atom. The molecular formula is C14H26BNO5. The summed E-state index contributed by atoms with van der Waals surface area (Å²) < 4.78 is 10.2. The summed E-state index contributed by atoms with van der Waals surface area (Å²) in [7, 11) is -0.704. The van der Waals surface area contributed by atoms with Gasteiger partial charge in [0.25, 0.3) is 0 Å². The molecule has 7 heteroatoms. The van der Waals surface area contributed by atoms with Gasteiger partial charge in [0.2, 0.25) is 0 Å². The van der Waals surface area contributed by atoms with Crippen LogP contribution in [0.25, 0.3) is 0 Å². The summed E-state index contributed by atoms with van der Waals surface area (Å²) in [5.41, 5.74) is 0. The lowest BCUT2D eigenvalue weighted by molar-refractivity contribution is -0.170. The van der Waals surface area contributed by atoms with Gasteiger partial charge in [0.05, 0.1) is 5.92 Å². The molecule has 6 nitrogen and oxygen atoms in total. The van der Waals surface area contributed by atoms with Crippen molar-refractivity contribution >= 4 is 19.0 Å². The summed E-state index contributed by atoms with van der Waals surface area (Å²) in [5.74, 6) is -1.34. The summed E-state index contributed by atoms with van der Waals surface area (Å²) in [6.45, 7) is 10.9. The van der Waals surface area contributed by atoms with Crippen molar-refractivity contribution in [2.24, 2.45) is 11.8 Å². The zero-order chi connectivity index (χ0) is 16.4. The van der Waals surface area contributed by atoms with Gasteiger partial charge in [-0.3, -0.25) is 4.79 Å². The van der Waals surface area contributed by atoms with Gasteiger partial charge in [-0.05, 0) is 25.7 Å². The van der Waals surface area contributed by atoms with Crippen molar-refractivity contribution in [2.45, 2.75) is 40.1 Å². The molecule has 0 aromatic rings. The number of carbonyl (C=O) groups excluding carboxylic acids is 2. The van der Waals surface area contributed by atoms with Crippen molar-refractivity contribution < 1.29 is 24.1 Å².